The first-order valence-electron chi connectivity index (χ1n) is 5.68. The van der Waals surface area contributed by atoms with Gasteiger partial charge in [0.15, 0.2) is 0 Å². The number of aromatic nitrogens is 1. The van der Waals surface area contributed by atoms with Gasteiger partial charge in [0.05, 0.1) is 5.52 Å². The molecular formula is C13H14F2N2O. The molecule has 0 aliphatic rings. The maximum atomic E-state index is 12.1. The molecular weight excluding hydrogens is 238 g/mol. The molecule has 0 saturated heterocycles. The lowest BCUT2D eigenvalue weighted by atomic mass is 10.1. The Kier molecular flexibility index (Phi) is 4.17. The van der Waals surface area contributed by atoms with Crippen molar-refractivity contribution in [2.75, 3.05) is 6.54 Å². The van der Waals surface area contributed by atoms with E-state index in [4.69, 9.17) is 5.11 Å². The highest BCUT2D eigenvalue weighted by atomic mass is 19.3. The van der Waals surface area contributed by atoms with Gasteiger partial charge in [-0.15, -0.1) is 0 Å². The number of alkyl halides is 2. The summed E-state index contributed by atoms with van der Waals surface area (Å²) in [6.07, 6.45) is -2.66. The fraction of sp³-hybridized carbons (Fsp3) is 0.308. The van der Waals surface area contributed by atoms with Gasteiger partial charge in [0.2, 0.25) is 0 Å². The molecule has 1 heterocycles. The molecule has 1 unspecified atom stereocenters. The van der Waals surface area contributed by atoms with Crippen LogP contribution in [0.3, 0.4) is 0 Å². The molecule has 0 aliphatic carbocycles. The van der Waals surface area contributed by atoms with Crippen LogP contribution >= 0.6 is 0 Å². The van der Waals surface area contributed by atoms with Gasteiger partial charge in [0.25, 0.3) is 6.43 Å². The molecule has 0 aliphatic heterocycles. The van der Waals surface area contributed by atoms with E-state index in [0.29, 0.717) is 6.54 Å². The number of pyridine rings is 1. The molecule has 2 aromatic rings. The molecule has 1 aromatic heterocycles. The molecule has 1 aromatic carbocycles. The Morgan fingerprint density at radius 1 is 1.22 bits per heavy atom. The molecule has 0 bridgehead atoms. The Morgan fingerprint density at radius 3 is 2.78 bits per heavy atom. The Bertz CT molecular complexity index is 514. The van der Waals surface area contributed by atoms with Gasteiger partial charge in [-0.3, -0.25) is 4.98 Å². The summed E-state index contributed by atoms with van der Waals surface area (Å²) in [4.78, 5) is 4.26. The summed E-state index contributed by atoms with van der Waals surface area (Å²) in [5, 5.41) is 12.8. The van der Waals surface area contributed by atoms with Crippen LogP contribution in [0.25, 0.3) is 10.9 Å². The lowest BCUT2D eigenvalue weighted by Gasteiger charge is -2.11. The first-order valence-corrected chi connectivity index (χ1v) is 5.68. The number of halogens is 2. The fourth-order valence-corrected chi connectivity index (χ4v) is 1.75. The van der Waals surface area contributed by atoms with Crippen LogP contribution in [0.15, 0.2) is 36.5 Å². The van der Waals surface area contributed by atoms with E-state index in [0.717, 1.165) is 16.5 Å². The smallest absolute Gasteiger partial charge is 0.265 e. The van der Waals surface area contributed by atoms with Gasteiger partial charge in [-0.1, -0.05) is 24.3 Å². The number of hydrogen-bond acceptors (Lipinski definition) is 3. The van der Waals surface area contributed by atoms with Crippen molar-refractivity contribution in [1.29, 1.82) is 0 Å². The Labute approximate surface area is 103 Å². The maximum Gasteiger partial charge on any atom is 0.265 e. The standard InChI is InChI=1S/C13H14F2N2O/c14-13(15)11(18)8-16-7-10-4-1-3-9-5-2-6-17-12(9)10/h1-6,11,13,16,18H,7-8H2. The SMILES string of the molecule is OC(CNCc1cccc2cccnc12)C(F)F. The molecule has 18 heavy (non-hydrogen) atoms. The molecule has 5 heteroatoms. The lowest BCUT2D eigenvalue weighted by Crippen LogP contribution is -2.31. The first kappa shape index (κ1) is 12.9. The van der Waals surface area contributed by atoms with Gasteiger partial charge in [-0.25, -0.2) is 8.78 Å². The van der Waals surface area contributed by atoms with Crippen molar-refractivity contribution in [3.63, 3.8) is 0 Å². The van der Waals surface area contributed by atoms with Crippen LogP contribution < -0.4 is 5.32 Å². The number of aliphatic hydroxyl groups is 1. The molecule has 0 amide bonds. The normalized spacial score (nSPS) is 13.1. The van der Waals surface area contributed by atoms with E-state index in [1.54, 1.807) is 6.20 Å². The van der Waals surface area contributed by atoms with Gasteiger partial charge < -0.3 is 10.4 Å². The predicted molar refractivity (Wildman–Crippen MR) is 65.5 cm³/mol. The summed E-state index contributed by atoms with van der Waals surface area (Å²) in [6, 6.07) is 9.52. The highest BCUT2D eigenvalue weighted by Crippen LogP contribution is 2.15. The quantitative estimate of drug-likeness (QED) is 0.855. The average Bonchev–Trinajstić information content (AvgIpc) is 2.38. The summed E-state index contributed by atoms with van der Waals surface area (Å²) >= 11 is 0. The zero-order valence-electron chi connectivity index (χ0n) is 9.68. The van der Waals surface area contributed by atoms with Gasteiger partial charge in [-0.2, -0.15) is 0 Å². The van der Waals surface area contributed by atoms with Crippen molar-refractivity contribution in [2.24, 2.45) is 0 Å². The minimum absolute atomic E-state index is 0.138. The third-order valence-corrected chi connectivity index (χ3v) is 2.68. The third kappa shape index (κ3) is 3.00. The highest BCUT2D eigenvalue weighted by Gasteiger charge is 2.15. The van der Waals surface area contributed by atoms with Crippen molar-refractivity contribution >= 4 is 10.9 Å². The summed E-state index contributed by atoms with van der Waals surface area (Å²) in [7, 11) is 0. The number of para-hydroxylation sites is 1. The van der Waals surface area contributed by atoms with Crippen LogP contribution in [0, 0.1) is 0 Å². The molecule has 96 valence electrons. The number of aliphatic hydroxyl groups excluding tert-OH is 1. The summed E-state index contributed by atoms with van der Waals surface area (Å²) in [5.74, 6) is 0. The maximum absolute atomic E-state index is 12.1. The number of nitrogens with zero attached hydrogens (tertiary/aromatic N) is 1. The number of benzene rings is 1. The second-order valence-electron chi connectivity index (χ2n) is 4.02. The molecule has 2 rings (SSSR count). The van der Waals surface area contributed by atoms with Crippen molar-refractivity contribution < 1.29 is 13.9 Å². The van der Waals surface area contributed by atoms with E-state index in [-0.39, 0.29) is 6.54 Å². The van der Waals surface area contributed by atoms with E-state index in [9.17, 15) is 8.78 Å². The molecule has 3 nitrogen and oxygen atoms in total. The van der Waals surface area contributed by atoms with Crippen LogP contribution in [0.5, 0.6) is 0 Å². The minimum Gasteiger partial charge on any atom is -0.386 e. The van der Waals surface area contributed by atoms with Crippen molar-refractivity contribution in [3.8, 4) is 0 Å². The molecule has 0 fully saturated rings. The van der Waals surface area contributed by atoms with Crippen molar-refractivity contribution in [2.45, 2.75) is 19.1 Å². The fourth-order valence-electron chi connectivity index (χ4n) is 1.75. The number of rotatable bonds is 5. The molecule has 0 radical (unpaired) electrons. The van der Waals surface area contributed by atoms with Gasteiger partial charge >= 0.3 is 0 Å². The van der Waals surface area contributed by atoms with Crippen LogP contribution in [0.4, 0.5) is 8.78 Å². The zero-order valence-corrected chi connectivity index (χ0v) is 9.68. The molecule has 2 N–H and O–H groups in total. The minimum atomic E-state index is -2.72. The van der Waals surface area contributed by atoms with E-state index in [2.05, 4.69) is 10.3 Å². The summed E-state index contributed by atoms with van der Waals surface area (Å²) in [6.45, 7) is 0.263. The summed E-state index contributed by atoms with van der Waals surface area (Å²) in [5.41, 5.74) is 1.77. The number of fused-ring (bicyclic) bond motifs is 1. The number of hydrogen-bond donors (Lipinski definition) is 2. The second-order valence-corrected chi connectivity index (χ2v) is 4.02. The predicted octanol–water partition coefficient (Wildman–Crippen LogP) is 1.95. The van der Waals surface area contributed by atoms with Gasteiger partial charge in [0.1, 0.15) is 6.10 Å². The van der Waals surface area contributed by atoms with Crippen LogP contribution in [0.1, 0.15) is 5.56 Å². The van der Waals surface area contributed by atoms with Crippen LogP contribution in [0.2, 0.25) is 0 Å². The largest absolute Gasteiger partial charge is 0.386 e. The van der Waals surface area contributed by atoms with E-state index >= 15 is 0 Å². The van der Waals surface area contributed by atoms with Crippen molar-refractivity contribution in [3.05, 3.63) is 42.1 Å². The second kappa shape index (κ2) is 5.84. The Balaban J connectivity index is 2.04. The Hall–Kier alpha value is -1.59. The molecule has 0 saturated carbocycles. The highest BCUT2D eigenvalue weighted by molar-refractivity contribution is 5.81. The molecule has 0 spiro atoms. The zero-order chi connectivity index (χ0) is 13.0. The monoisotopic (exact) mass is 252 g/mol. The van der Waals surface area contributed by atoms with Gasteiger partial charge in [-0.05, 0) is 11.6 Å². The van der Waals surface area contributed by atoms with Gasteiger partial charge in [0, 0.05) is 24.7 Å². The van der Waals surface area contributed by atoms with Crippen molar-refractivity contribution in [1.82, 2.24) is 10.3 Å². The van der Waals surface area contributed by atoms with Crippen LogP contribution in [-0.2, 0) is 6.54 Å². The first-order chi connectivity index (χ1) is 8.68. The third-order valence-electron chi connectivity index (χ3n) is 2.68. The Morgan fingerprint density at radius 2 is 2.00 bits per heavy atom. The molecule has 1 atom stereocenters. The topological polar surface area (TPSA) is 45.1 Å². The van der Waals surface area contributed by atoms with E-state index < -0.39 is 12.5 Å². The van der Waals surface area contributed by atoms with E-state index in [1.165, 1.54) is 0 Å². The number of nitrogens with one attached hydrogen (secondary N) is 1. The average molecular weight is 252 g/mol. The lowest BCUT2D eigenvalue weighted by molar-refractivity contribution is -0.00339. The van der Waals surface area contributed by atoms with Crippen LogP contribution in [-0.4, -0.2) is 29.2 Å². The summed E-state index contributed by atoms with van der Waals surface area (Å²) < 4.78 is 24.2. The van der Waals surface area contributed by atoms with E-state index in [1.807, 2.05) is 30.3 Å².